The van der Waals surface area contributed by atoms with E-state index in [9.17, 15) is 20.0 Å². The zero-order chi connectivity index (χ0) is 13.1. The summed E-state index contributed by atoms with van der Waals surface area (Å²) in [7, 11) is 0. The third-order valence-corrected chi connectivity index (χ3v) is 3.12. The summed E-state index contributed by atoms with van der Waals surface area (Å²) in [4.78, 5) is 21.6. The molecule has 0 aromatic heterocycles. The van der Waals surface area contributed by atoms with Crippen molar-refractivity contribution in [3.05, 3.63) is 52.1 Å². The number of carbonyl (C=O) groups is 1. The van der Waals surface area contributed by atoms with Crippen molar-refractivity contribution in [3.63, 3.8) is 0 Å². The van der Waals surface area contributed by atoms with Gasteiger partial charge in [0.05, 0.1) is 16.9 Å². The lowest BCUT2D eigenvalue weighted by Gasteiger charge is -2.22. The van der Waals surface area contributed by atoms with Gasteiger partial charge in [0, 0.05) is 12.1 Å². The van der Waals surface area contributed by atoms with Crippen LogP contribution in [0.2, 0.25) is 0 Å². The first kappa shape index (κ1) is 12.4. The number of benzene rings is 1. The van der Waals surface area contributed by atoms with Gasteiger partial charge < -0.3 is 5.11 Å². The summed E-state index contributed by atoms with van der Waals surface area (Å²) in [6, 6.07) is 5.66. The summed E-state index contributed by atoms with van der Waals surface area (Å²) in [6.07, 6.45) is 3.75. The van der Waals surface area contributed by atoms with Crippen LogP contribution >= 0.6 is 0 Å². The summed E-state index contributed by atoms with van der Waals surface area (Å²) >= 11 is 0. The van der Waals surface area contributed by atoms with E-state index < -0.39 is 16.9 Å². The quantitative estimate of drug-likeness (QED) is 0.655. The SMILES string of the molecule is O=C1C=CCCC1C(O)c1ccc([N+](=O)[O-])cc1. The molecule has 0 amide bonds. The molecule has 1 N–H and O–H groups in total. The molecule has 18 heavy (non-hydrogen) atoms. The predicted molar refractivity (Wildman–Crippen MR) is 64.9 cm³/mol. The molecular weight excluding hydrogens is 234 g/mol. The molecule has 2 atom stereocenters. The molecule has 0 heterocycles. The number of nitrogens with zero attached hydrogens (tertiary/aromatic N) is 1. The monoisotopic (exact) mass is 247 g/mol. The van der Waals surface area contributed by atoms with Crippen LogP contribution in [0.25, 0.3) is 0 Å². The van der Waals surface area contributed by atoms with Gasteiger partial charge in [-0.15, -0.1) is 0 Å². The smallest absolute Gasteiger partial charge is 0.269 e. The van der Waals surface area contributed by atoms with Crippen molar-refractivity contribution >= 4 is 11.5 Å². The molecule has 1 aromatic carbocycles. The second-order valence-corrected chi connectivity index (χ2v) is 4.28. The zero-order valence-electron chi connectivity index (χ0n) is 9.65. The molecule has 2 unspecified atom stereocenters. The van der Waals surface area contributed by atoms with Crippen LogP contribution in [-0.4, -0.2) is 15.8 Å². The van der Waals surface area contributed by atoms with Crippen molar-refractivity contribution in [1.29, 1.82) is 0 Å². The summed E-state index contributed by atoms with van der Waals surface area (Å²) in [5.74, 6) is -0.538. The first-order valence-electron chi connectivity index (χ1n) is 5.72. The summed E-state index contributed by atoms with van der Waals surface area (Å²) < 4.78 is 0. The Morgan fingerprint density at radius 1 is 1.33 bits per heavy atom. The van der Waals surface area contributed by atoms with Gasteiger partial charge in [0.15, 0.2) is 5.78 Å². The van der Waals surface area contributed by atoms with Crippen molar-refractivity contribution in [1.82, 2.24) is 0 Å². The van der Waals surface area contributed by atoms with Crippen molar-refractivity contribution in [2.24, 2.45) is 5.92 Å². The molecule has 0 aliphatic heterocycles. The highest BCUT2D eigenvalue weighted by molar-refractivity contribution is 5.93. The van der Waals surface area contributed by atoms with E-state index in [1.807, 2.05) is 0 Å². The number of rotatable bonds is 3. The standard InChI is InChI=1S/C13H13NO4/c15-12-4-2-1-3-11(12)13(16)9-5-7-10(8-6-9)14(17)18/h2,4-8,11,13,16H,1,3H2. The van der Waals surface area contributed by atoms with Gasteiger partial charge in [-0.2, -0.15) is 0 Å². The number of non-ortho nitro benzene ring substituents is 1. The largest absolute Gasteiger partial charge is 0.388 e. The maximum atomic E-state index is 11.6. The molecule has 5 nitrogen and oxygen atoms in total. The van der Waals surface area contributed by atoms with E-state index >= 15 is 0 Å². The van der Waals surface area contributed by atoms with Crippen LogP contribution in [0.3, 0.4) is 0 Å². The van der Waals surface area contributed by atoms with E-state index in [1.54, 1.807) is 6.08 Å². The molecule has 0 bridgehead atoms. The van der Waals surface area contributed by atoms with Crippen molar-refractivity contribution in [2.75, 3.05) is 0 Å². The Bertz CT molecular complexity index is 492. The number of carbonyl (C=O) groups excluding carboxylic acids is 1. The first-order chi connectivity index (χ1) is 8.59. The molecule has 0 fully saturated rings. The number of nitro groups is 1. The maximum absolute atomic E-state index is 11.6. The maximum Gasteiger partial charge on any atom is 0.269 e. The number of hydrogen-bond acceptors (Lipinski definition) is 4. The van der Waals surface area contributed by atoms with Gasteiger partial charge in [0.25, 0.3) is 5.69 Å². The van der Waals surface area contributed by atoms with Crippen LogP contribution < -0.4 is 0 Å². The Kier molecular flexibility index (Phi) is 3.53. The molecule has 0 saturated heterocycles. The fourth-order valence-electron chi connectivity index (χ4n) is 2.08. The van der Waals surface area contributed by atoms with Gasteiger partial charge in [-0.1, -0.05) is 6.08 Å². The molecular formula is C13H13NO4. The van der Waals surface area contributed by atoms with E-state index in [2.05, 4.69) is 0 Å². The molecule has 2 rings (SSSR count). The molecule has 5 heteroatoms. The van der Waals surface area contributed by atoms with Crippen LogP contribution in [0.15, 0.2) is 36.4 Å². The van der Waals surface area contributed by atoms with Gasteiger partial charge in [-0.05, 0) is 36.6 Å². The highest BCUT2D eigenvalue weighted by Gasteiger charge is 2.27. The van der Waals surface area contributed by atoms with Crippen LogP contribution in [0, 0.1) is 16.0 Å². The first-order valence-corrected chi connectivity index (χ1v) is 5.72. The third kappa shape index (κ3) is 2.46. The fraction of sp³-hybridized carbons (Fsp3) is 0.308. The number of hydrogen-bond donors (Lipinski definition) is 1. The average Bonchev–Trinajstić information content (AvgIpc) is 2.38. The molecule has 0 radical (unpaired) electrons. The van der Waals surface area contributed by atoms with E-state index in [0.29, 0.717) is 12.0 Å². The second kappa shape index (κ2) is 5.10. The minimum Gasteiger partial charge on any atom is -0.388 e. The number of aliphatic hydroxyl groups excluding tert-OH is 1. The Morgan fingerprint density at radius 2 is 2.00 bits per heavy atom. The highest BCUT2D eigenvalue weighted by Crippen LogP contribution is 2.30. The number of nitro benzene ring substituents is 1. The molecule has 0 spiro atoms. The number of ketones is 1. The third-order valence-electron chi connectivity index (χ3n) is 3.12. The van der Waals surface area contributed by atoms with Gasteiger partial charge in [0.2, 0.25) is 0 Å². The van der Waals surface area contributed by atoms with E-state index in [4.69, 9.17) is 0 Å². The number of aliphatic hydroxyl groups is 1. The van der Waals surface area contributed by atoms with Gasteiger partial charge in [-0.3, -0.25) is 14.9 Å². The Balaban J connectivity index is 2.18. The van der Waals surface area contributed by atoms with Crippen molar-refractivity contribution in [3.8, 4) is 0 Å². The summed E-state index contributed by atoms with van der Waals surface area (Å²) in [6.45, 7) is 0. The molecule has 94 valence electrons. The lowest BCUT2D eigenvalue weighted by molar-refractivity contribution is -0.384. The van der Waals surface area contributed by atoms with E-state index in [0.717, 1.165) is 6.42 Å². The van der Waals surface area contributed by atoms with Crippen LogP contribution in [0.5, 0.6) is 0 Å². The molecule has 1 aliphatic rings. The molecule has 1 aromatic rings. The Morgan fingerprint density at radius 3 is 2.56 bits per heavy atom. The van der Waals surface area contributed by atoms with Crippen molar-refractivity contribution < 1.29 is 14.8 Å². The average molecular weight is 247 g/mol. The lowest BCUT2D eigenvalue weighted by Crippen LogP contribution is -2.22. The Hall–Kier alpha value is -2.01. The minimum absolute atomic E-state index is 0.0270. The number of allylic oxidation sites excluding steroid dienone is 2. The topological polar surface area (TPSA) is 80.4 Å². The minimum atomic E-state index is -0.900. The van der Waals surface area contributed by atoms with Gasteiger partial charge >= 0.3 is 0 Å². The predicted octanol–water partition coefficient (Wildman–Crippen LogP) is 2.16. The van der Waals surface area contributed by atoms with Crippen molar-refractivity contribution in [2.45, 2.75) is 18.9 Å². The van der Waals surface area contributed by atoms with Gasteiger partial charge in [0.1, 0.15) is 0 Å². The summed E-state index contributed by atoms with van der Waals surface area (Å²) in [5, 5.41) is 20.6. The fourth-order valence-corrected chi connectivity index (χ4v) is 2.08. The zero-order valence-corrected chi connectivity index (χ0v) is 9.65. The van der Waals surface area contributed by atoms with Crippen LogP contribution in [-0.2, 0) is 4.79 Å². The second-order valence-electron chi connectivity index (χ2n) is 4.28. The highest BCUT2D eigenvalue weighted by atomic mass is 16.6. The Labute approximate surface area is 104 Å². The van der Waals surface area contributed by atoms with Crippen LogP contribution in [0.1, 0.15) is 24.5 Å². The van der Waals surface area contributed by atoms with Crippen LogP contribution in [0.4, 0.5) is 5.69 Å². The molecule has 1 aliphatic carbocycles. The lowest BCUT2D eigenvalue weighted by atomic mass is 9.85. The van der Waals surface area contributed by atoms with E-state index in [1.165, 1.54) is 30.3 Å². The summed E-state index contributed by atoms with van der Waals surface area (Å²) in [5.41, 5.74) is 0.509. The van der Waals surface area contributed by atoms with Gasteiger partial charge in [-0.25, -0.2) is 0 Å². The normalized spacial score (nSPS) is 20.7. The molecule has 0 saturated carbocycles. The van der Waals surface area contributed by atoms with E-state index in [-0.39, 0.29) is 11.5 Å².